The summed E-state index contributed by atoms with van der Waals surface area (Å²) in [6.45, 7) is 11.2. The van der Waals surface area contributed by atoms with E-state index in [-0.39, 0.29) is 0 Å². The summed E-state index contributed by atoms with van der Waals surface area (Å²) in [4.78, 5) is 2.58. The SMILES string of the molecule is CCC1CCN(C(C)COC)CC(C)CN1. The molecule has 1 saturated heterocycles. The van der Waals surface area contributed by atoms with E-state index in [1.807, 2.05) is 0 Å². The highest BCUT2D eigenvalue weighted by Gasteiger charge is 2.21. The summed E-state index contributed by atoms with van der Waals surface area (Å²) in [5, 5.41) is 3.65. The van der Waals surface area contributed by atoms with Gasteiger partial charge in [0, 0.05) is 32.3 Å². The third-order valence-corrected chi connectivity index (χ3v) is 3.59. The fraction of sp³-hybridized carbons (Fsp3) is 1.00. The van der Waals surface area contributed by atoms with Gasteiger partial charge in [-0.15, -0.1) is 0 Å². The summed E-state index contributed by atoms with van der Waals surface area (Å²) < 4.78 is 5.26. The Morgan fingerprint density at radius 1 is 1.50 bits per heavy atom. The second-order valence-electron chi connectivity index (χ2n) is 5.21. The summed E-state index contributed by atoms with van der Waals surface area (Å²) in [6.07, 6.45) is 2.50. The quantitative estimate of drug-likeness (QED) is 0.793. The molecule has 3 nitrogen and oxygen atoms in total. The van der Waals surface area contributed by atoms with Crippen molar-refractivity contribution < 1.29 is 4.74 Å². The van der Waals surface area contributed by atoms with Crippen LogP contribution in [0.4, 0.5) is 0 Å². The van der Waals surface area contributed by atoms with Crippen LogP contribution in [0.15, 0.2) is 0 Å². The van der Waals surface area contributed by atoms with Crippen LogP contribution in [-0.2, 0) is 4.74 Å². The van der Waals surface area contributed by atoms with Crippen LogP contribution in [0.3, 0.4) is 0 Å². The van der Waals surface area contributed by atoms with Gasteiger partial charge >= 0.3 is 0 Å². The highest BCUT2D eigenvalue weighted by Crippen LogP contribution is 2.12. The number of rotatable bonds is 4. The largest absolute Gasteiger partial charge is 0.383 e. The number of hydrogen-bond donors (Lipinski definition) is 1. The van der Waals surface area contributed by atoms with Crippen molar-refractivity contribution in [2.45, 2.75) is 45.7 Å². The van der Waals surface area contributed by atoms with Crippen molar-refractivity contribution >= 4 is 0 Å². The van der Waals surface area contributed by atoms with Crippen LogP contribution < -0.4 is 5.32 Å². The molecule has 3 heteroatoms. The van der Waals surface area contributed by atoms with Crippen LogP contribution in [0.1, 0.15) is 33.6 Å². The van der Waals surface area contributed by atoms with E-state index in [1.165, 1.54) is 25.9 Å². The minimum atomic E-state index is 0.544. The molecule has 1 aliphatic heterocycles. The Morgan fingerprint density at radius 3 is 2.88 bits per heavy atom. The second kappa shape index (κ2) is 7.25. The molecule has 0 bridgehead atoms. The van der Waals surface area contributed by atoms with Crippen molar-refractivity contribution in [3.63, 3.8) is 0 Å². The van der Waals surface area contributed by atoms with Gasteiger partial charge in [0.2, 0.25) is 0 Å². The standard InChI is InChI=1S/C13H28N2O/c1-5-13-6-7-15(12(3)10-16-4)9-11(2)8-14-13/h11-14H,5-10H2,1-4H3. The second-order valence-corrected chi connectivity index (χ2v) is 5.21. The average molecular weight is 228 g/mol. The third kappa shape index (κ3) is 4.40. The number of ether oxygens (including phenoxy) is 1. The van der Waals surface area contributed by atoms with Crippen LogP contribution in [0.25, 0.3) is 0 Å². The molecule has 0 amide bonds. The summed E-state index contributed by atoms with van der Waals surface area (Å²) in [5.41, 5.74) is 0. The summed E-state index contributed by atoms with van der Waals surface area (Å²) in [5.74, 6) is 0.730. The highest BCUT2D eigenvalue weighted by molar-refractivity contribution is 4.78. The number of hydrogen-bond acceptors (Lipinski definition) is 3. The average Bonchev–Trinajstić information content (AvgIpc) is 2.24. The van der Waals surface area contributed by atoms with Crippen molar-refractivity contribution in [1.82, 2.24) is 10.2 Å². The zero-order valence-corrected chi connectivity index (χ0v) is 11.3. The Balaban J connectivity index is 2.48. The molecule has 16 heavy (non-hydrogen) atoms. The highest BCUT2D eigenvalue weighted by atomic mass is 16.5. The first-order valence-electron chi connectivity index (χ1n) is 6.63. The lowest BCUT2D eigenvalue weighted by molar-refractivity contribution is 0.0800. The van der Waals surface area contributed by atoms with E-state index in [0.717, 1.165) is 19.1 Å². The van der Waals surface area contributed by atoms with Gasteiger partial charge in [-0.25, -0.2) is 0 Å². The first-order valence-corrected chi connectivity index (χ1v) is 6.63. The Kier molecular flexibility index (Phi) is 6.32. The van der Waals surface area contributed by atoms with Crippen molar-refractivity contribution in [2.24, 2.45) is 5.92 Å². The number of nitrogens with one attached hydrogen (secondary N) is 1. The summed E-state index contributed by atoms with van der Waals surface area (Å²) >= 11 is 0. The summed E-state index contributed by atoms with van der Waals surface area (Å²) in [7, 11) is 1.79. The smallest absolute Gasteiger partial charge is 0.0615 e. The van der Waals surface area contributed by atoms with Crippen molar-refractivity contribution in [3.05, 3.63) is 0 Å². The van der Waals surface area contributed by atoms with Crippen LogP contribution in [0.2, 0.25) is 0 Å². The molecule has 0 aromatic rings. The molecular weight excluding hydrogens is 200 g/mol. The minimum absolute atomic E-state index is 0.544. The normalized spacial score (nSPS) is 30.8. The van der Waals surface area contributed by atoms with Crippen LogP contribution in [0.5, 0.6) is 0 Å². The van der Waals surface area contributed by atoms with Gasteiger partial charge in [-0.05, 0) is 32.2 Å². The van der Waals surface area contributed by atoms with E-state index in [4.69, 9.17) is 4.74 Å². The Bertz CT molecular complexity index is 187. The van der Waals surface area contributed by atoms with Crippen LogP contribution in [0, 0.1) is 5.92 Å². The molecule has 1 heterocycles. The van der Waals surface area contributed by atoms with Gasteiger partial charge in [0.1, 0.15) is 0 Å². The molecule has 1 N–H and O–H groups in total. The lowest BCUT2D eigenvalue weighted by Crippen LogP contribution is -2.47. The molecule has 1 fully saturated rings. The van der Waals surface area contributed by atoms with Gasteiger partial charge in [0.25, 0.3) is 0 Å². The van der Waals surface area contributed by atoms with E-state index in [2.05, 4.69) is 31.0 Å². The molecule has 3 unspecified atom stereocenters. The van der Waals surface area contributed by atoms with E-state index < -0.39 is 0 Å². The molecule has 1 rings (SSSR count). The van der Waals surface area contributed by atoms with E-state index in [0.29, 0.717) is 12.1 Å². The van der Waals surface area contributed by atoms with E-state index in [1.54, 1.807) is 7.11 Å². The van der Waals surface area contributed by atoms with Crippen molar-refractivity contribution in [3.8, 4) is 0 Å². The van der Waals surface area contributed by atoms with Gasteiger partial charge in [-0.3, -0.25) is 4.90 Å². The maximum atomic E-state index is 5.26. The Hall–Kier alpha value is -0.120. The maximum Gasteiger partial charge on any atom is 0.0615 e. The Labute approximate surface area is 101 Å². The zero-order valence-electron chi connectivity index (χ0n) is 11.3. The number of nitrogens with zero attached hydrogens (tertiary/aromatic N) is 1. The molecule has 96 valence electrons. The predicted molar refractivity (Wildman–Crippen MR) is 68.8 cm³/mol. The minimum Gasteiger partial charge on any atom is -0.383 e. The van der Waals surface area contributed by atoms with Gasteiger partial charge in [0.05, 0.1) is 6.61 Å². The molecule has 3 atom stereocenters. The fourth-order valence-electron chi connectivity index (χ4n) is 2.44. The summed E-state index contributed by atoms with van der Waals surface area (Å²) in [6, 6.07) is 1.24. The molecule has 1 aliphatic rings. The first kappa shape index (κ1) is 13.9. The van der Waals surface area contributed by atoms with Crippen LogP contribution >= 0.6 is 0 Å². The molecule has 0 saturated carbocycles. The van der Waals surface area contributed by atoms with Crippen molar-refractivity contribution in [1.29, 1.82) is 0 Å². The topological polar surface area (TPSA) is 24.5 Å². The molecular formula is C13H28N2O. The first-order chi connectivity index (χ1) is 7.67. The fourth-order valence-corrected chi connectivity index (χ4v) is 2.44. The maximum absolute atomic E-state index is 5.26. The molecule has 0 aromatic heterocycles. The monoisotopic (exact) mass is 228 g/mol. The van der Waals surface area contributed by atoms with Gasteiger partial charge in [-0.2, -0.15) is 0 Å². The van der Waals surface area contributed by atoms with Gasteiger partial charge in [0.15, 0.2) is 0 Å². The number of methoxy groups -OCH3 is 1. The molecule has 0 aliphatic carbocycles. The van der Waals surface area contributed by atoms with E-state index in [9.17, 15) is 0 Å². The zero-order chi connectivity index (χ0) is 12.0. The molecule has 0 radical (unpaired) electrons. The van der Waals surface area contributed by atoms with Gasteiger partial charge in [-0.1, -0.05) is 13.8 Å². The van der Waals surface area contributed by atoms with E-state index >= 15 is 0 Å². The molecule has 0 aromatic carbocycles. The lowest BCUT2D eigenvalue weighted by Gasteiger charge is -2.35. The third-order valence-electron chi connectivity index (χ3n) is 3.59. The van der Waals surface area contributed by atoms with Crippen LogP contribution in [-0.4, -0.2) is 50.3 Å². The Morgan fingerprint density at radius 2 is 2.25 bits per heavy atom. The predicted octanol–water partition coefficient (Wildman–Crippen LogP) is 1.73. The van der Waals surface area contributed by atoms with Gasteiger partial charge < -0.3 is 10.1 Å². The van der Waals surface area contributed by atoms with Crippen molar-refractivity contribution in [2.75, 3.05) is 33.4 Å². The molecule has 0 spiro atoms. The lowest BCUT2D eigenvalue weighted by atomic mass is 10.0.